The van der Waals surface area contributed by atoms with E-state index < -0.39 is 54.5 Å². The standard InChI is InChI=1S/C21H27NO9/c1-11-8-6-7-9-16(11)30-21-18(22-12(2)23)20(29-15(5)26)19(28-14(4)25)17(31-21)10-27-13(3)24/h6-9,17-21H,10H2,1-5H3,(H,22,23)/t17-,18+,19+,20-,21+/m0/s1. The second-order valence-electron chi connectivity index (χ2n) is 7.10. The van der Waals surface area contributed by atoms with Gasteiger partial charge in [0.1, 0.15) is 24.5 Å². The van der Waals surface area contributed by atoms with Gasteiger partial charge in [-0.1, -0.05) is 18.2 Å². The Labute approximate surface area is 180 Å². The van der Waals surface area contributed by atoms with Crippen molar-refractivity contribution < 1.29 is 42.9 Å². The van der Waals surface area contributed by atoms with E-state index in [9.17, 15) is 19.2 Å². The Morgan fingerprint density at radius 2 is 1.55 bits per heavy atom. The summed E-state index contributed by atoms with van der Waals surface area (Å²) in [5.74, 6) is -1.88. The van der Waals surface area contributed by atoms with Gasteiger partial charge in [-0.2, -0.15) is 0 Å². The lowest BCUT2D eigenvalue weighted by Gasteiger charge is -2.44. The second-order valence-corrected chi connectivity index (χ2v) is 7.10. The number of esters is 3. The largest absolute Gasteiger partial charge is 0.463 e. The molecule has 1 N–H and O–H groups in total. The van der Waals surface area contributed by atoms with Gasteiger partial charge in [0, 0.05) is 27.7 Å². The molecule has 10 nitrogen and oxygen atoms in total. The van der Waals surface area contributed by atoms with Crippen molar-refractivity contribution in [1.82, 2.24) is 5.32 Å². The minimum absolute atomic E-state index is 0.286. The molecule has 0 saturated carbocycles. The average molecular weight is 437 g/mol. The van der Waals surface area contributed by atoms with Gasteiger partial charge in [-0.05, 0) is 18.6 Å². The van der Waals surface area contributed by atoms with Gasteiger partial charge in [-0.3, -0.25) is 19.2 Å². The summed E-state index contributed by atoms with van der Waals surface area (Å²) in [6.07, 6.45) is -4.47. The zero-order valence-electron chi connectivity index (χ0n) is 18.1. The van der Waals surface area contributed by atoms with Crippen LogP contribution in [0.25, 0.3) is 0 Å². The summed E-state index contributed by atoms with van der Waals surface area (Å²) in [7, 11) is 0. The molecular weight excluding hydrogens is 410 g/mol. The third kappa shape index (κ3) is 6.95. The fourth-order valence-electron chi connectivity index (χ4n) is 3.21. The van der Waals surface area contributed by atoms with Gasteiger partial charge in [-0.25, -0.2) is 0 Å². The number of nitrogens with one attached hydrogen (secondary N) is 1. The third-order valence-corrected chi connectivity index (χ3v) is 4.41. The van der Waals surface area contributed by atoms with E-state index in [4.69, 9.17) is 23.7 Å². The number of hydrogen-bond acceptors (Lipinski definition) is 9. The molecule has 0 spiro atoms. The van der Waals surface area contributed by atoms with Gasteiger partial charge in [0.05, 0.1) is 0 Å². The summed E-state index contributed by atoms with van der Waals surface area (Å²) in [6, 6.07) is 6.12. The highest BCUT2D eigenvalue weighted by Crippen LogP contribution is 2.30. The van der Waals surface area contributed by atoms with Crippen molar-refractivity contribution in [3.63, 3.8) is 0 Å². The van der Waals surface area contributed by atoms with Crippen molar-refractivity contribution in [2.75, 3.05) is 6.61 Å². The van der Waals surface area contributed by atoms with Crippen LogP contribution >= 0.6 is 0 Å². The lowest BCUT2D eigenvalue weighted by molar-refractivity contribution is -0.257. The minimum Gasteiger partial charge on any atom is -0.463 e. The quantitative estimate of drug-likeness (QED) is 0.491. The lowest BCUT2D eigenvalue weighted by Crippen LogP contribution is -2.67. The predicted octanol–water partition coefficient (Wildman–Crippen LogP) is 1.03. The summed E-state index contributed by atoms with van der Waals surface area (Å²) >= 11 is 0. The second kappa shape index (κ2) is 10.8. The van der Waals surface area contributed by atoms with E-state index >= 15 is 0 Å². The highest BCUT2D eigenvalue weighted by molar-refractivity contribution is 5.73. The van der Waals surface area contributed by atoms with E-state index in [0.717, 1.165) is 5.56 Å². The molecule has 1 aliphatic rings. The number of aryl methyl sites for hydroxylation is 1. The molecule has 1 saturated heterocycles. The Balaban J connectivity index is 2.46. The highest BCUT2D eigenvalue weighted by atomic mass is 16.7. The Hall–Kier alpha value is -3.14. The smallest absolute Gasteiger partial charge is 0.303 e. The number of carbonyl (C=O) groups is 4. The van der Waals surface area contributed by atoms with Gasteiger partial charge in [0.25, 0.3) is 0 Å². The normalized spacial score (nSPS) is 25.1. The van der Waals surface area contributed by atoms with Gasteiger partial charge in [0.15, 0.2) is 12.2 Å². The molecule has 1 aliphatic heterocycles. The number of benzene rings is 1. The molecule has 5 atom stereocenters. The maximum Gasteiger partial charge on any atom is 0.303 e. The molecule has 0 unspecified atom stereocenters. The molecule has 31 heavy (non-hydrogen) atoms. The summed E-state index contributed by atoms with van der Waals surface area (Å²) in [5, 5.41) is 2.65. The zero-order chi connectivity index (χ0) is 23.1. The summed E-state index contributed by atoms with van der Waals surface area (Å²) in [6.45, 7) is 6.40. The maximum atomic E-state index is 11.9. The molecule has 1 amide bonds. The Morgan fingerprint density at radius 3 is 2.10 bits per heavy atom. The van der Waals surface area contributed by atoms with Crippen molar-refractivity contribution in [1.29, 1.82) is 0 Å². The lowest BCUT2D eigenvalue weighted by atomic mass is 9.96. The van der Waals surface area contributed by atoms with E-state index in [1.807, 2.05) is 19.1 Å². The van der Waals surface area contributed by atoms with Crippen LogP contribution in [0.1, 0.15) is 33.3 Å². The maximum absolute atomic E-state index is 11.9. The molecule has 1 aromatic carbocycles. The molecule has 1 heterocycles. The summed E-state index contributed by atoms with van der Waals surface area (Å²) in [4.78, 5) is 46.8. The predicted molar refractivity (Wildman–Crippen MR) is 106 cm³/mol. The molecule has 170 valence electrons. The molecule has 1 aromatic rings. The number of para-hydroxylation sites is 1. The van der Waals surface area contributed by atoms with Crippen molar-refractivity contribution >= 4 is 23.8 Å². The number of ether oxygens (including phenoxy) is 5. The van der Waals surface area contributed by atoms with E-state index in [2.05, 4.69) is 5.32 Å². The monoisotopic (exact) mass is 437 g/mol. The molecule has 1 fully saturated rings. The van der Waals surface area contributed by atoms with E-state index in [0.29, 0.717) is 5.75 Å². The molecule has 2 rings (SSSR count). The summed E-state index contributed by atoms with van der Waals surface area (Å²) in [5.41, 5.74) is 0.801. The van der Waals surface area contributed by atoms with Crippen molar-refractivity contribution in [2.45, 2.75) is 65.3 Å². The fraction of sp³-hybridized carbons (Fsp3) is 0.524. The first-order chi connectivity index (χ1) is 14.6. The fourth-order valence-corrected chi connectivity index (χ4v) is 3.21. The number of amides is 1. The van der Waals surface area contributed by atoms with Crippen molar-refractivity contribution in [3.05, 3.63) is 29.8 Å². The highest BCUT2D eigenvalue weighted by Gasteiger charge is 2.52. The number of hydrogen-bond donors (Lipinski definition) is 1. The van der Waals surface area contributed by atoms with E-state index in [1.54, 1.807) is 12.1 Å². The van der Waals surface area contributed by atoms with Crippen LogP contribution < -0.4 is 10.1 Å². The zero-order valence-corrected chi connectivity index (χ0v) is 18.1. The van der Waals surface area contributed by atoms with Crippen molar-refractivity contribution in [2.24, 2.45) is 0 Å². The molecule has 0 radical (unpaired) electrons. The first kappa shape index (κ1) is 24.1. The van der Waals surface area contributed by atoms with Crippen LogP contribution in [0.2, 0.25) is 0 Å². The SMILES string of the molecule is CC(=O)N[C@H]1[C@H](Oc2ccccc2C)O[C@@H](COC(C)=O)[C@@H](OC(C)=O)[C@H]1OC(C)=O. The molecular formula is C21H27NO9. The molecule has 0 aromatic heterocycles. The third-order valence-electron chi connectivity index (χ3n) is 4.41. The van der Waals surface area contributed by atoms with Crippen LogP contribution in [0.5, 0.6) is 5.75 Å². The average Bonchev–Trinajstić information content (AvgIpc) is 2.65. The van der Waals surface area contributed by atoms with Crippen LogP contribution in [-0.4, -0.2) is 61.1 Å². The van der Waals surface area contributed by atoms with Crippen LogP contribution in [0.3, 0.4) is 0 Å². The van der Waals surface area contributed by atoms with Crippen LogP contribution in [0.4, 0.5) is 0 Å². The van der Waals surface area contributed by atoms with E-state index in [1.165, 1.54) is 27.7 Å². The van der Waals surface area contributed by atoms with Crippen LogP contribution in [0, 0.1) is 6.92 Å². The van der Waals surface area contributed by atoms with Gasteiger partial charge >= 0.3 is 17.9 Å². The van der Waals surface area contributed by atoms with Gasteiger partial charge in [-0.15, -0.1) is 0 Å². The van der Waals surface area contributed by atoms with Crippen LogP contribution in [0.15, 0.2) is 24.3 Å². The molecule has 0 bridgehead atoms. The van der Waals surface area contributed by atoms with Crippen molar-refractivity contribution in [3.8, 4) is 5.75 Å². The molecule has 10 heteroatoms. The Morgan fingerprint density at radius 1 is 0.935 bits per heavy atom. The van der Waals surface area contributed by atoms with Crippen LogP contribution in [-0.2, 0) is 38.1 Å². The Kier molecular flexibility index (Phi) is 8.38. The van der Waals surface area contributed by atoms with Gasteiger partial charge < -0.3 is 29.0 Å². The number of carbonyl (C=O) groups excluding carboxylic acids is 4. The minimum atomic E-state index is -1.16. The first-order valence-electron chi connectivity index (χ1n) is 9.71. The topological polar surface area (TPSA) is 126 Å². The number of rotatable bonds is 7. The van der Waals surface area contributed by atoms with Gasteiger partial charge in [0.2, 0.25) is 12.2 Å². The van der Waals surface area contributed by atoms with E-state index in [-0.39, 0.29) is 6.61 Å². The Bertz CT molecular complexity index is 825. The first-order valence-corrected chi connectivity index (χ1v) is 9.71. The molecule has 0 aliphatic carbocycles. The summed E-state index contributed by atoms with van der Waals surface area (Å²) < 4.78 is 27.8.